The Morgan fingerprint density at radius 3 is 2.95 bits per heavy atom. The summed E-state index contributed by atoms with van der Waals surface area (Å²) >= 11 is 0. The van der Waals surface area contributed by atoms with E-state index in [4.69, 9.17) is 0 Å². The molecular formula is C18H26N2O. The molecule has 2 aliphatic rings. The molecule has 1 amide bonds. The molecule has 0 saturated heterocycles. The maximum absolute atomic E-state index is 12.7. The average Bonchev–Trinajstić information content (AvgIpc) is 2.54. The van der Waals surface area contributed by atoms with Crippen LogP contribution in [0.1, 0.15) is 56.1 Å². The normalized spacial score (nSPS) is 28.7. The Bertz CT molecular complexity index is 500. The molecule has 3 nitrogen and oxygen atoms in total. The van der Waals surface area contributed by atoms with Crippen molar-refractivity contribution in [3.8, 4) is 0 Å². The highest BCUT2D eigenvalue weighted by Crippen LogP contribution is 2.29. The number of carbonyl (C=O) groups is 1. The van der Waals surface area contributed by atoms with Crippen molar-refractivity contribution in [2.24, 2.45) is 5.92 Å². The monoisotopic (exact) mass is 286 g/mol. The number of benzene rings is 1. The number of nitrogens with one attached hydrogen (secondary N) is 2. The maximum Gasteiger partial charge on any atom is 0.229 e. The van der Waals surface area contributed by atoms with Gasteiger partial charge in [-0.1, -0.05) is 50.5 Å². The SMILES string of the molecule is CCC1CCCCC1NC(=O)C1CNCc2ccccc21. The molecule has 21 heavy (non-hydrogen) atoms. The third kappa shape index (κ3) is 3.13. The van der Waals surface area contributed by atoms with Crippen LogP contribution >= 0.6 is 0 Å². The Labute approximate surface area is 127 Å². The van der Waals surface area contributed by atoms with Gasteiger partial charge in [-0.25, -0.2) is 0 Å². The summed E-state index contributed by atoms with van der Waals surface area (Å²) in [6, 6.07) is 8.70. The second kappa shape index (κ2) is 6.61. The topological polar surface area (TPSA) is 41.1 Å². The van der Waals surface area contributed by atoms with E-state index in [0.29, 0.717) is 12.0 Å². The first kappa shape index (κ1) is 14.6. The molecule has 0 spiro atoms. The summed E-state index contributed by atoms with van der Waals surface area (Å²) in [6.45, 7) is 3.87. The Morgan fingerprint density at radius 1 is 1.29 bits per heavy atom. The molecule has 3 heteroatoms. The van der Waals surface area contributed by atoms with E-state index in [2.05, 4.69) is 35.8 Å². The lowest BCUT2D eigenvalue weighted by Crippen LogP contribution is -2.46. The van der Waals surface area contributed by atoms with Gasteiger partial charge >= 0.3 is 0 Å². The molecule has 3 atom stereocenters. The first-order chi connectivity index (χ1) is 10.3. The Morgan fingerprint density at radius 2 is 2.10 bits per heavy atom. The average molecular weight is 286 g/mol. The van der Waals surface area contributed by atoms with Crippen molar-refractivity contribution in [3.63, 3.8) is 0 Å². The molecule has 114 valence electrons. The number of hydrogen-bond acceptors (Lipinski definition) is 2. The van der Waals surface area contributed by atoms with Gasteiger partial charge in [0.1, 0.15) is 0 Å². The van der Waals surface area contributed by atoms with Gasteiger partial charge in [-0.3, -0.25) is 4.79 Å². The van der Waals surface area contributed by atoms with Crippen molar-refractivity contribution in [2.75, 3.05) is 6.54 Å². The van der Waals surface area contributed by atoms with Crippen LogP contribution in [-0.4, -0.2) is 18.5 Å². The van der Waals surface area contributed by atoms with Gasteiger partial charge in [0.25, 0.3) is 0 Å². The van der Waals surface area contributed by atoms with Gasteiger partial charge in [-0.15, -0.1) is 0 Å². The zero-order valence-electron chi connectivity index (χ0n) is 12.9. The minimum Gasteiger partial charge on any atom is -0.353 e. The third-order valence-electron chi connectivity index (χ3n) is 5.17. The van der Waals surface area contributed by atoms with Crippen LogP contribution in [0.5, 0.6) is 0 Å². The lowest BCUT2D eigenvalue weighted by atomic mass is 9.82. The van der Waals surface area contributed by atoms with Crippen LogP contribution in [0, 0.1) is 5.92 Å². The highest BCUT2D eigenvalue weighted by Gasteiger charge is 2.30. The molecule has 1 aromatic carbocycles. The first-order valence-corrected chi connectivity index (χ1v) is 8.38. The molecule has 0 radical (unpaired) electrons. The highest BCUT2D eigenvalue weighted by molar-refractivity contribution is 5.85. The molecule has 1 aromatic rings. The predicted octanol–water partition coefficient (Wildman–Crippen LogP) is 2.96. The van der Waals surface area contributed by atoms with Crippen LogP contribution in [0.15, 0.2) is 24.3 Å². The smallest absolute Gasteiger partial charge is 0.229 e. The van der Waals surface area contributed by atoms with Crippen LogP contribution in [0.3, 0.4) is 0 Å². The zero-order chi connectivity index (χ0) is 14.7. The Kier molecular flexibility index (Phi) is 4.59. The molecule has 0 bridgehead atoms. The van der Waals surface area contributed by atoms with Gasteiger partial charge < -0.3 is 10.6 Å². The summed E-state index contributed by atoms with van der Waals surface area (Å²) in [6.07, 6.45) is 6.15. The van der Waals surface area contributed by atoms with Gasteiger partial charge in [0.05, 0.1) is 5.92 Å². The van der Waals surface area contributed by atoms with Crippen molar-refractivity contribution in [1.82, 2.24) is 10.6 Å². The van der Waals surface area contributed by atoms with Gasteiger partial charge in [0, 0.05) is 19.1 Å². The number of carbonyl (C=O) groups excluding carboxylic acids is 1. The van der Waals surface area contributed by atoms with E-state index in [-0.39, 0.29) is 11.8 Å². The van der Waals surface area contributed by atoms with Crippen molar-refractivity contribution >= 4 is 5.91 Å². The number of rotatable bonds is 3. The molecule has 0 aromatic heterocycles. The minimum atomic E-state index is -0.0330. The number of fused-ring (bicyclic) bond motifs is 1. The molecule has 1 aliphatic carbocycles. The second-order valence-corrected chi connectivity index (χ2v) is 6.45. The fourth-order valence-corrected chi connectivity index (χ4v) is 3.90. The maximum atomic E-state index is 12.7. The van der Waals surface area contributed by atoms with Crippen LogP contribution in [0.25, 0.3) is 0 Å². The van der Waals surface area contributed by atoms with Gasteiger partial charge in [0.15, 0.2) is 0 Å². The molecule has 2 N–H and O–H groups in total. The minimum absolute atomic E-state index is 0.0330. The van der Waals surface area contributed by atoms with Gasteiger partial charge in [0.2, 0.25) is 5.91 Å². The largest absolute Gasteiger partial charge is 0.353 e. The summed E-state index contributed by atoms with van der Waals surface area (Å²) < 4.78 is 0. The Balaban J connectivity index is 1.71. The van der Waals surface area contributed by atoms with Crippen molar-refractivity contribution in [2.45, 2.75) is 57.5 Å². The van der Waals surface area contributed by atoms with E-state index in [1.54, 1.807) is 0 Å². The van der Waals surface area contributed by atoms with Gasteiger partial charge in [-0.05, 0) is 29.9 Å². The van der Waals surface area contributed by atoms with E-state index in [1.807, 2.05) is 6.07 Å². The lowest BCUT2D eigenvalue weighted by molar-refractivity contribution is -0.124. The fourth-order valence-electron chi connectivity index (χ4n) is 3.90. The van der Waals surface area contributed by atoms with E-state index < -0.39 is 0 Å². The molecule has 3 rings (SSSR count). The fraction of sp³-hybridized carbons (Fsp3) is 0.611. The van der Waals surface area contributed by atoms with E-state index in [9.17, 15) is 4.79 Å². The molecule has 1 heterocycles. The van der Waals surface area contributed by atoms with Crippen molar-refractivity contribution in [3.05, 3.63) is 35.4 Å². The summed E-state index contributed by atoms with van der Waals surface area (Å²) in [4.78, 5) is 12.7. The van der Waals surface area contributed by atoms with E-state index in [0.717, 1.165) is 19.5 Å². The highest BCUT2D eigenvalue weighted by atomic mass is 16.2. The second-order valence-electron chi connectivity index (χ2n) is 6.45. The third-order valence-corrected chi connectivity index (χ3v) is 5.17. The standard InChI is InChI=1S/C18H26N2O/c1-2-13-7-4-6-10-17(13)20-18(21)16-12-19-11-14-8-3-5-9-15(14)16/h3,5,8-9,13,16-17,19H,2,4,6-7,10-12H2,1H3,(H,20,21). The summed E-state index contributed by atoms with van der Waals surface area (Å²) in [7, 11) is 0. The van der Waals surface area contributed by atoms with Crippen molar-refractivity contribution in [1.29, 1.82) is 0 Å². The first-order valence-electron chi connectivity index (χ1n) is 8.38. The predicted molar refractivity (Wildman–Crippen MR) is 85.1 cm³/mol. The number of hydrogen-bond donors (Lipinski definition) is 2. The molecule has 1 aliphatic heterocycles. The van der Waals surface area contributed by atoms with E-state index >= 15 is 0 Å². The van der Waals surface area contributed by atoms with Crippen molar-refractivity contribution < 1.29 is 4.79 Å². The summed E-state index contributed by atoms with van der Waals surface area (Å²) in [5.74, 6) is 0.837. The molecular weight excluding hydrogens is 260 g/mol. The van der Waals surface area contributed by atoms with Crippen LogP contribution in [-0.2, 0) is 11.3 Å². The Hall–Kier alpha value is -1.35. The quantitative estimate of drug-likeness (QED) is 0.897. The number of amides is 1. The van der Waals surface area contributed by atoms with E-state index in [1.165, 1.54) is 36.8 Å². The summed E-state index contributed by atoms with van der Waals surface area (Å²) in [5.41, 5.74) is 2.47. The van der Waals surface area contributed by atoms with Crippen LogP contribution in [0.4, 0.5) is 0 Å². The molecule has 3 unspecified atom stereocenters. The zero-order valence-corrected chi connectivity index (χ0v) is 12.9. The lowest BCUT2D eigenvalue weighted by Gasteiger charge is -2.34. The molecule has 1 saturated carbocycles. The summed E-state index contributed by atoms with van der Waals surface area (Å²) in [5, 5.41) is 6.73. The molecule has 1 fully saturated rings. The van der Waals surface area contributed by atoms with Crippen LogP contribution in [0.2, 0.25) is 0 Å². The van der Waals surface area contributed by atoms with Crippen LogP contribution < -0.4 is 10.6 Å². The van der Waals surface area contributed by atoms with Gasteiger partial charge in [-0.2, -0.15) is 0 Å².